The van der Waals surface area contributed by atoms with Crippen LogP contribution in [0.15, 0.2) is 42.5 Å². The largest absolute Gasteiger partial charge is 0.398 e. The summed E-state index contributed by atoms with van der Waals surface area (Å²) in [4.78, 5) is 1.86. The van der Waals surface area contributed by atoms with E-state index in [1.165, 1.54) is 6.07 Å². The monoisotopic (exact) mass is 244 g/mol. The molecule has 2 nitrogen and oxygen atoms in total. The number of nitrogens with zero attached hydrogens (tertiary/aromatic N) is 1. The van der Waals surface area contributed by atoms with Crippen molar-refractivity contribution in [3.63, 3.8) is 0 Å². The van der Waals surface area contributed by atoms with Gasteiger partial charge in [-0.05, 0) is 30.7 Å². The molecule has 0 aliphatic carbocycles. The second kappa shape index (κ2) is 5.08. The number of hydrogen-bond donors (Lipinski definition) is 1. The third-order valence-corrected chi connectivity index (χ3v) is 2.97. The maximum Gasteiger partial charge on any atom is 0.146 e. The Kier molecular flexibility index (Phi) is 3.51. The van der Waals surface area contributed by atoms with E-state index in [9.17, 15) is 4.39 Å². The molecule has 18 heavy (non-hydrogen) atoms. The van der Waals surface area contributed by atoms with Crippen molar-refractivity contribution in [2.45, 2.75) is 13.5 Å². The van der Waals surface area contributed by atoms with Crippen molar-refractivity contribution in [2.24, 2.45) is 0 Å². The minimum Gasteiger partial charge on any atom is -0.398 e. The molecule has 0 unspecified atom stereocenters. The van der Waals surface area contributed by atoms with Crippen molar-refractivity contribution in [1.82, 2.24) is 0 Å². The zero-order chi connectivity index (χ0) is 13.1. The minimum atomic E-state index is -0.216. The van der Waals surface area contributed by atoms with Crippen LogP contribution in [0.2, 0.25) is 0 Å². The number of anilines is 2. The predicted octanol–water partition coefficient (Wildman–Crippen LogP) is 3.35. The number of aryl methyl sites for hydroxylation is 1. The van der Waals surface area contributed by atoms with Gasteiger partial charge >= 0.3 is 0 Å². The van der Waals surface area contributed by atoms with Crippen molar-refractivity contribution in [3.05, 3.63) is 59.4 Å². The molecule has 94 valence electrons. The lowest BCUT2D eigenvalue weighted by Gasteiger charge is -2.21. The molecule has 0 aliphatic rings. The van der Waals surface area contributed by atoms with Crippen molar-refractivity contribution < 1.29 is 4.39 Å². The van der Waals surface area contributed by atoms with Gasteiger partial charge in [0.05, 0.1) is 5.69 Å². The number of nitrogen functional groups attached to an aromatic ring is 1. The molecule has 0 aromatic heterocycles. The number of benzene rings is 2. The van der Waals surface area contributed by atoms with Crippen LogP contribution in [-0.2, 0) is 6.54 Å². The molecule has 0 spiro atoms. The summed E-state index contributed by atoms with van der Waals surface area (Å²) in [6.07, 6.45) is 0. The van der Waals surface area contributed by atoms with Gasteiger partial charge in [0.25, 0.3) is 0 Å². The van der Waals surface area contributed by atoms with E-state index in [1.807, 2.05) is 43.1 Å². The molecule has 0 saturated heterocycles. The molecule has 2 N–H and O–H groups in total. The molecular formula is C15H17FN2. The Bertz CT molecular complexity index is 552. The van der Waals surface area contributed by atoms with E-state index < -0.39 is 0 Å². The SMILES string of the molecule is Cc1ccc(N)c(CN(C)c2ccccc2F)c1. The second-order valence-corrected chi connectivity index (χ2v) is 4.51. The van der Waals surface area contributed by atoms with E-state index in [-0.39, 0.29) is 5.82 Å². The first kappa shape index (κ1) is 12.4. The molecule has 0 atom stereocenters. The minimum absolute atomic E-state index is 0.216. The van der Waals surface area contributed by atoms with Crippen molar-refractivity contribution in [3.8, 4) is 0 Å². The number of hydrogen-bond acceptors (Lipinski definition) is 2. The van der Waals surface area contributed by atoms with E-state index in [0.29, 0.717) is 12.2 Å². The van der Waals surface area contributed by atoms with E-state index in [0.717, 1.165) is 16.8 Å². The van der Waals surface area contributed by atoms with Gasteiger partial charge in [0.2, 0.25) is 0 Å². The fraction of sp³-hybridized carbons (Fsp3) is 0.200. The van der Waals surface area contributed by atoms with Crippen LogP contribution in [0.4, 0.5) is 15.8 Å². The van der Waals surface area contributed by atoms with Crippen LogP contribution in [-0.4, -0.2) is 7.05 Å². The molecule has 0 saturated carbocycles. The summed E-state index contributed by atoms with van der Waals surface area (Å²) in [5, 5.41) is 0. The number of rotatable bonds is 3. The van der Waals surface area contributed by atoms with Crippen molar-refractivity contribution >= 4 is 11.4 Å². The normalized spacial score (nSPS) is 10.4. The summed E-state index contributed by atoms with van der Waals surface area (Å²) in [5.41, 5.74) is 9.42. The van der Waals surface area contributed by atoms with Crippen LogP contribution in [0.5, 0.6) is 0 Å². The highest BCUT2D eigenvalue weighted by molar-refractivity contribution is 5.53. The molecule has 0 bridgehead atoms. The Morgan fingerprint density at radius 2 is 1.89 bits per heavy atom. The maximum atomic E-state index is 13.6. The molecule has 2 aromatic carbocycles. The molecule has 0 aliphatic heterocycles. The highest BCUT2D eigenvalue weighted by Gasteiger charge is 2.08. The Morgan fingerprint density at radius 1 is 1.17 bits per heavy atom. The van der Waals surface area contributed by atoms with Gasteiger partial charge in [0.15, 0.2) is 0 Å². The van der Waals surface area contributed by atoms with Crippen LogP contribution in [0, 0.1) is 12.7 Å². The van der Waals surface area contributed by atoms with Crippen molar-refractivity contribution in [2.75, 3.05) is 17.7 Å². The van der Waals surface area contributed by atoms with Gasteiger partial charge in [-0.3, -0.25) is 0 Å². The zero-order valence-corrected chi connectivity index (χ0v) is 10.7. The molecular weight excluding hydrogens is 227 g/mol. The Balaban J connectivity index is 2.24. The summed E-state index contributed by atoms with van der Waals surface area (Å²) >= 11 is 0. The van der Waals surface area contributed by atoms with Crippen LogP contribution < -0.4 is 10.6 Å². The summed E-state index contributed by atoms with van der Waals surface area (Å²) in [6, 6.07) is 12.6. The number of nitrogens with two attached hydrogens (primary N) is 1. The highest BCUT2D eigenvalue weighted by Crippen LogP contribution is 2.22. The second-order valence-electron chi connectivity index (χ2n) is 4.51. The Hall–Kier alpha value is -2.03. The maximum absolute atomic E-state index is 13.6. The van der Waals surface area contributed by atoms with Gasteiger partial charge < -0.3 is 10.6 Å². The number of halogens is 1. The van der Waals surface area contributed by atoms with E-state index in [2.05, 4.69) is 0 Å². The van der Waals surface area contributed by atoms with Gasteiger partial charge in [-0.2, -0.15) is 0 Å². The molecule has 0 heterocycles. The average molecular weight is 244 g/mol. The van der Waals surface area contributed by atoms with Gasteiger partial charge in [-0.1, -0.05) is 29.8 Å². The lowest BCUT2D eigenvalue weighted by Crippen LogP contribution is -2.18. The van der Waals surface area contributed by atoms with Gasteiger partial charge in [-0.25, -0.2) is 4.39 Å². The molecule has 0 fully saturated rings. The average Bonchev–Trinajstić information content (AvgIpc) is 2.34. The molecule has 2 aromatic rings. The quantitative estimate of drug-likeness (QED) is 0.839. The summed E-state index contributed by atoms with van der Waals surface area (Å²) in [6.45, 7) is 2.61. The van der Waals surface area contributed by atoms with Gasteiger partial charge in [0, 0.05) is 19.3 Å². The van der Waals surface area contributed by atoms with Crippen LogP contribution in [0.25, 0.3) is 0 Å². The van der Waals surface area contributed by atoms with Gasteiger partial charge in [-0.15, -0.1) is 0 Å². The van der Waals surface area contributed by atoms with E-state index in [1.54, 1.807) is 12.1 Å². The van der Waals surface area contributed by atoms with Crippen LogP contribution in [0.1, 0.15) is 11.1 Å². The summed E-state index contributed by atoms with van der Waals surface area (Å²) in [7, 11) is 1.86. The fourth-order valence-electron chi connectivity index (χ4n) is 1.97. The summed E-state index contributed by atoms with van der Waals surface area (Å²) in [5.74, 6) is -0.216. The highest BCUT2D eigenvalue weighted by atomic mass is 19.1. The first-order valence-electron chi connectivity index (χ1n) is 5.88. The van der Waals surface area contributed by atoms with Gasteiger partial charge in [0.1, 0.15) is 5.82 Å². The van der Waals surface area contributed by atoms with E-state index in [4.69, 9.17) is 5.73 Å². The predicted molar refractivity (Wildman–Crippen MR) is 74.1 cm³/mol. The fourth-order valence-corrected chi connectivity index (χ4v) is 1.97. The molecule has 0 amide bonds. The Morgan fingerprint density at radius 3 is 2.61 bits per heavy atom. The molecule has 2 rings (SSSR count). The van der Waals surface area contributed by atoms with E-state index >= 15 is 0 Å². The van der Waals surface area contributed by atoms with Crippen molar-refractivity contribution in [1.29, 1.82) is 0 Å². The third-order valence-electron chi connectivity index (χ3n) is 2.97. The lowest BCUT2D eigenvalue weighted by atomic mass is 10.1. The third kappa shape index (κ3) is 2.62. The van der Waals surface area contributed by atoms with Crippen LogP contribution >= 0.6 is 0 Å². The summed E-state index contributed by atoms with van der Waals surface area (Å²) < 4.78 is 13.6. The number of para-hydroxylation sites is 1. The zero-order valence-electron chi connectivity index (χ0n) is 10.7. The first-order chi connectivity index (χ1) is 8.58. The standard InChI is InChI=1S/C15H17FN2/c1-11-7-8-14(17)12(9-11)10-18(2)15-6-4-3-5-13(15)16/h3-9H,10,17H2,1-2H3. The Labute approximate surface area is 107 Å². The topological polar surface area (TPSA) is 29.3 Å². The smallest absolute Gasteiger partial charge is 0.146 e. The lowest BCUT2D eigenvalue weighted by molar-refractivity contribution is 0.622. The first-order valence-corrected chi connectivity index (χ1v) is 5.88. The molecule has 0 radical (unpaired) electrons. The molecule has 3 heteroatoms. The van der Waals surface area contributed by atoms with Crippen LogP contribution in [0.3, 0.4) is 0 Å².